The minimum atomic E-state index is -0.933. The lowest BCUT2D eigenvalue weighted by molar-refractivity contribution is -0.387. The summed E-state index contributed by atoms with van der Waals surface area (Å²) in [4.78, 5) is 38.0. The maximum absolute atomic E-state index is 11.4. The van der Waals surface area contributed by atoms with Crippen LogP contribution in [0.25, 0.3) is 0 Å². The van der Waals surface area contributed by atoms with Gasteiger partial charge in [0.25, 0.3) is 5.91 Å². The lowest BCUT2D eigenvalue weighted by Crippen LogP contribution is -2.35. The Morgan fingerprint density at radius 1 is 1.68 bits per heavy atom. The Morgan fingerprint density at radius 2 is 2.37 bits per heavy atom. The van der Waals surface area contributed by atoms with E-state index in [0.717, 1.165) is 12.7 Å². The van der Waals surface area contributed by atoms with Crippen LogP contribution in [-0.2, 0) is 4.79 Å². The molecule has 0 unspecified atom stereocenters. The van der Waals surface area contributed by atoms with E-state index >= 15 is 0 Å². The number of nitro groups is 1. The van der Waals surface area contributed by atoms with Crippen LogP contribution in [-0.4, -0.2) is 33.4 Å². The lowest BCUT2D eigenvalue weighted by Gasteiger charge is -2.11. The van der Waals surface area contributed by atoms with Crippen LogP contribution in [0.1, 0.15) is 20.3 Å². The van der Waals surface area contributed by atoms with E-state index in [2.05, 4.69) is 15.3 Å². The molecular formula is C10H14N4O5. The summed E-state index contributed by atoms with van der Waals surface area (Å²) in [5, 5.41) is 13.3. The van der Waals surface area contributed by atoms with E-state index in [4.69, 9.17) is 4.74 Å². The van der Waals surface area contributed by atoms with Gasteiger partial charge in [-0.05, 0) is 13.3 Å². The van der Waals surface area contributed by atoms with Gasteiger partial charge in [-0.15, -0.1) is 0 Å². The van der Waals surface area contributed by atoms with Crippen LogP contribution in [0.5, 0.6) is 5.88 Å². The molecule has 104 valence electrons. The Kier molecular flexibility index (Phi) is 4.98. The van der Waals surface area contributed by atoms with Gasteiger partial charge >= 0.3 is 17.1 Å². The Bertz CT molecular complexity index is 527. The number of hydrogen-bond acceptors (Lipinski definition) is 6. The van der Waals surface area contributed by atoms with Crippen LogP contribution >= 0.6 is 0 Å². The quantitative estimate of drug-likeness (QED) is 0.552. The first-order chi connectivity index (χ1) is 8.95. The van der Waals surface area contributed by atoms with Crippen molar-refractivity contribution in [2.75, 3.05) is 6.61 Å². The number of nitrogens with one attached hydrogen (secondary N) is 2. The molecule has 1 amide bonds. The van der Waals surface area contributed by atoms with E-state index in [-0.39, 0.29) is 6.04 Å². The van der Waals surface area contributed by atoms with Crippen molar-refractivity contribution in [3.8, 4) is 5.88 Å². The number of ether oxygens (including phenoxy) is 1. The maximum atomic E-state index is 11.4. The van der Waals surface area contributed by atoms with Crippen LogP contribution in [0.3, 0.4) is 0 Å². The fraction of sp³-hybridized carbons (Fsp3) is 0.500. The minimum absolute atomic E-state index is 0.0294. The third-order valence-electron chi connectivity index (χ3n) is 2.34. The van der Waals surface area contributed by atoms with Crippen molar-refractivity contribution in [3.63, 3.8) is 0 Å². The van der Waals surface area contributed by atoms with Crippen molar-refractivity contribution in [2.24, 2.45) is 0 Å². The summed E-state index contributed by atoms with van der Waals surface area (Å²) in [7, 11) is 0. The van der Waals surface area contributed by atoms with Crippen LogP contribution in [0.4, 0.5) is 5.69 Å². The molecule has 1 heterocycles. The maximum Gasteiger partial charge on any atom is 0.395 e. The Balaban J connectivity index is 2.73. The lowest BCUT2D eigenvalue weighted by atomic mass is 10.2. The minimum Gasteiger partial charge on any atom is -0.463 e. The Hall–Kier alpha value is -2.45. The fourth-order valence-electron chi connectivity index (χ4n) is 1.20. The predicted octanol–water partition coefficient (Wildman–Crippen LogP) is -0.0284. The third-order valence-corrected chi connectivity index (χ3v) is 2.34. The molecule has 0 aliphatic rings. The first-order valence-electron chi connectivity index (χ1n) is 5.60. The summed E-state index contributed by atoms with van der Waals surface area (Å²) < 4.78 is 4.90. The molecule has 1 rings (SSSR count). The smallest absolute Gasteiger partial charge is 0.395 e. The Morgan fingerprint density at radius 3 is 2.95 bits per heavy atom. The molecule has 0 saturated carbocycles. The summed E-state index contributed by atoms with van der Waals surface area (Å²) in [6, 6.07) is -0.0294. The molecule has 9 heteroatoms. The van der Waals surface area contributed by atoms with Crippen molar-refractivity contribution in [2.45, 2.75) is 26.3 Å². The van der Waals surface area contributed by atoms with Crippen LogP contribution in [0.15, 0.2) is 11.1 Å². The number of carbonyl (C=O) groups excluding carboxylic acids is 1. The van der Waals surface area contributed by atoms with E-state index in [0.29, 0.717) is 0 Å². The standard InChI is InChI=1S/C10H14N4O5/c1-3-6(2)13-7(15)4-19-10-8(14(17)18)9(16)11-5-12-10/h5-6H,3-4H2,1-2H3,(H,13,15)(H,11,12,16)/t6-/m0/s1. The number of rotatable bonds is 6. The number of H-pyrrole nitrogens is 1. The molecule has 0 spiro atoms. The highest BCUT2D eigenvalue weighted by Gasteiger charge is 2.22. The van der Waals surface area contributed by atoms with Crippen molar-refractivity contribution >= 4 is 11.6 Å². The van der Waals surface area contributed by atoms with Crippen molar-refractivity contribution < 1.29 is 14.5 Å². The van der Waals surface area contributed by atoms with Gasteiger partial charge in [0.2, 0.25) is 0 Å². The largest absolute Gasteiger partial charge is 0.463 e. The highest BCUT2D eigenvalue weighted by molar-refractivity contribution is 5.77. The van der Waals surface area contributed by atoms with E-state index in [1.165, 1.54) is 0 Å². The normalized spacial score (nSPS) is 11.7. The molecule has 0 bridgehead atoms. The first-order valence-corrected chi connectivity index (χ1v) is 5.60. The number of nitrogens with zero attached hydrogens (tertiary/aromatic N) is 2. The van der Waals surface area contributed by atoms with Gasteiger partial charge in [-0.3, -0.25) is 19.7 Å². The van der Waals surface area contributed by atoms with Crippen LogP contribution in [0, 0.1) is 10.1 Å². The second-order valence-electron chi connectivity index (χ2n) is 3.81. The molecule has 0 fully saturated rings. The van der Waals surface area contributed by atoms with Crippen LogP contribution in [0.2, 0.25) is 0 Å². The van der Waals surface area contributed by atoms with E-state index in [9.17, 15) is 19.7 Å². The van der Waals surface area contributed by atoms with Gasteiger partial charge in [-0.2, -0.15) is 4.98 Å². The Labute approximate surface area is 108 Å². The molecule has 0 saturated heterocycles. The van der Waals surface area contributed by atoms with Gasteiger partial charge < -0.3 is 15.0 Å². The van der Waals surface area contributed by atoms with Crippen LogP contribution < -0.4 is 15.6 Å². The van der Waals surface area contributed by atoms with Crippen molar-refractivity contribution in [1.29, 1.82) is 0 Å². The molecule has 1 aromatic rings. The summed E-state index contributed by atoms with van der Waals surface area (Å²) in [6.07, 6.45) is 1.71. The zero-order chi connectivity index (χ0) is 14.4. The summed E-state index contributed by atoms with van der Waals surface area (Å²) >= 11 is 0. The first kappa shape index (κ1) is 14.6. The zero-order valence-corrected chi connectivity index (χ0v) is 10.5. The van der Waals surface area contributed by atoms with Crippen molar-refractivity contribution in [1.82, 2.24) is 15.3 Å². The van der Waals surface area contributed by atoms with E-state index in [1.807, 2.05) is 13.8 Å². The summed E-state index contributed by atoms with van der Waals surface area (Å²) in [5.74, 6) is -0.918. The summed E-state index contributed by atoms with van der Waals surface area (Å²) in [6.45, 7) is 3.27. The molecule has 2 N–H and O–H groups in total. The summed E-state index contributed by atoms with van der Waals surface area (Å²) in [5.41, 5.74) is -1.75. The van der Waals surface area contributed by atoms with Gasteiger partial charge in [-0.25, -0.2) is 0 Å². The average molecular weight is 270 g/mol. The van der Waals surface area contributed by atoms with Crippen molar-refractivity contribution in [3.05, 3.63) is 26.8 Å². The van der Waals surface area contributed by atoms with Gasteiger partial charge in [-0.1, -0.05) is 6.92 Å². The van der Waals surface area contributed by atoms with Gasteiger partial charge in [0, 0.05) is 6.04 Å². The van der Waals surface area contributed by atoms with E-state index in [1.54, 1.807) is 0 Å². The second-order valence-corrected chi connectivity index (χ2v) is 3.81. The highest BCUT2D eigenvalue weighted by atomic mass is 16.6. The molecule has 0 aliphatic carbocycles. The zero-order valence-electron chi connectivity index (χ0n) is 10.5. The SMILES string of the molecule is CC[C@H](C)NC(=O)COc1nc[nH]c(=O)c1[N+](=O)[O-]. The number of aromatic amines is 1. The molecule has 0 radical (unpaired) electrons. The second kappa shape index (κ2) is 6.47. The van der Waals surface area contributed by atoms with Gasteiger partial charge in [0.15, 0.2) is 6.61 Å². The molecule has 19 heavy (non-hydrogen) atoms. The number of aromatic nitrogens is 2. The molecule has 0 aliphatic heterocycles. The monoisotopic (exact) mass is 270 g/mol. The molecule has 1 aromatic heterocycles. The predicted molar refractivity (Wildman–Crippen MR) is 64.9 cm³/mol. The molecule has 0 aromatic carbocycles. The fourth-order valence-corrected chi connectivity index (χ4v) is 1.20. The third kappa shape index (κ3) is 4.05. The average Bonchev–Trinajstić information content (AvgIpc) is 2.35. The number of amides is 1. The molecular weight excluding hydrogens is 256 g/mol. The van der Waals surface area contributed by atoms with Gasteiger partial charge in [0.1, 0.15) is 0 Å². The number of carbonyl (C=O) groups is 1. The molecule has 1 atom stereocenters. The highest BCUT2D eigenvalue weighted by Crippen LogP contribution is 2.17. The van der Waals surface area contributed by atoms with Gasteiger partial charge in [0.05, 0.1) is 11.3 Å². The topological polar surface area (TPSA) is 127 Å². The number of hydrogen-bond donors (Lipinski definition) is 2. The molecule has 9 nitrogen and oxygen atoms in total. The van der Waals surface area contributed by atoms with E-state index < -0.39 is 34.6 Å².